The summed E-state index contributed by atoms with van der Waals surface area (Å²) in [6.07, 6.45) is 1.76. The summed E-state index contributed by atoms with van der Waals surface area (Å²) in [5, 5.41) is 15.6. The molecule has 1 aliphatic rings. The second kappa shape index (κ2) is 8.97. The standard InChI is InChI=1S/C17H22N4O6/c1-11(15(22)19-17(24)18-2)27-16(23)12-6-7-13(14(10-12)21(25)26)20-8-4-3-5-9-20/h6-7,10-11H,3-5,8-9H2,1-2H3,(H2,18,19,22,24)/t11-/m1/s1. The van der Waals surface area contributed by atoms with Crippen molar-refractivity contribution in [2.75, 3.05) is 25.0 Å². The molecule has 0 aliphatic carbocycles. The number of hydrogen-bond donors (Lipinski definition) is 2. The molecule has 0 radical (unpaired) electrons. The van der Waals surface area contributed by atoms with E-state index in [0.717, 1.165) is 38.4 Å². The molecule has 1 fully saturated rings. The van der Waals surface area contributed by atoms with E-state index in [2.05, 4.69) is 5.32 Å². The number of rotatable bonds is 5. The molecule has 0 spiro atoms. The highest BCUT2D eigenvalue weighted by Gasteiger charge is 2.25. The Bertz CT molecular complexity index is 745. The Hall–Kier alpha value is -3.17. The van der Waals surface area contributed by atoms with Crippen molar-refractivity contribution in [1.82, 2.24) is 10.6 Å². The number of nitrogens with zero attached hydrogens (tertiary/aromatic N) is 2. The first-order chi connectivity index (χ1) is 12.8. The monoisotopic (exact) mass is 378 g/mol. The van der Waals surface area contributed by atoms with Crippen molar-refractivity contribution in [2.24, 2.45) is 0 Å². The minimum atomic E-state index is -1.24. The lowest BCUT2D eigenvalue weighted by Gasteiger charge is -2.28. The quantitative estimate of drug-likeness (QED) is 0.452. The molecule has 1 saturated heterocycles. The third kappa shape index (κ3) is 5.16. The average Bonchev–Trinajstić information content (AvgIpc) is 2.67. The van der Waals surface area contributed by atoms with Gasteiger partial charge in [0.1, 0.15) is 5.69 Å². The molecule has 10 nitrogen and oxygen atoms in total. The molecule has 146 valence electrons. The zero-order valence-corrected chi connectivity index (χ0v) is 15.2. The van der Waals surface area contributed by atoms with E-state index < -0.39 is 28.9 Å². The molecule has 1 atom stereocenters. The molecule has 0 unspecified atom stereocenters. The minimum absolute atomic E-state index is 0.0398. The van der Waals surface area contributed by atoms with Crippen LogP contribution >= 0.6 is 0 Å². The first-order valence-corrected chi connectivity index (χ1v) is 8.60. The van der Waals surface area contributed by atoms with Crippen LogP contribution in [0.3, 0.4) is 0 Å². The number of piperidine rings is 1. The van der Waals surface area contributed by atoms with Crippen molar-refractivity contribution in [1.29, 1.82) is 0 Å². The van der Waals surface area contributed by atoms with Gasteiger partial charge in [0.05, 0.1) is 10.5 Å². The summed E-state index contributed by atoms with van der Waals surface area (Å²) in [7, 11) is 1.34. The van der Waals surface area contributed by atoms with Crippen molar-refractivity contribution in [3.8, 4) is 0 Å². The molecule has 3 amide bonds. The van der Waals surface area contributed by atoms with Gasteiger partial charge in [-0.2, -0.15) is 0 Å². The van der Waals surface area contributed by atoms with E-state index in [-0.39, 0.29) is 11.3 Å². The lowest BCUT2D eigenvalue weighted by Crippen LogP contribution is -2.43. The number of carbonyl (C=O) groups is 3. The molecular formula is C17H22N4O6. The fourth-order valence-electron chi connectivity index (χ4n) is 2.76. The molecular weight excluding hydrogens is 356 g/mol. The minimum Gasteiger partial charge on any atom is -0.449 e. The van der Waals surface area contributed by atoms with Crippen LogP contribution in [0.15, 0.2) is 18.2 Å². The third-order valence-corrected chi connectivity index (χ3v) is 4.22. The number of imide groups is 1. The second-order valence-corrected chi connectivity index (χ2v) is 6.12. The Morgan fingerprint density at radius 2 is 1.89 bits per heavy atom. The maximum absolute atomic E-state index is 12.2. The van der Waals surface area contributed by atoms with Crippen molar-refractivity contribution in [3.05, 3.63) is 33.9 Å². The molecule has 10 heteroatoms. The maximum Gasteiger partial charge on any atom is 0.339 e. The molecule has 0 aromatic heterocycles. The van der Waals surface area contributed by atoms with Gasteiger partial charge in [-0.25, -0.2) is 9.59 Å². The van der Waals surface area contributed by atoms with E-state index in [1.807, 2.05) is 10.2 Å². The first kappa shape index (κ1) is 20.1. The maximum atomic E-state index is 12.2. The van der Waals surface area contributed by atoms with Crippen LogP contribution in [0, 0.1) is 10.1 Å². The van der Waals surface area contributed by atoms with Crippen molar-refractivity contribution >= 4 is 29.3 Å². The molecule has 1 heterocycles. The number of nitro groups is 1. The number of urea groups is 1. The Morgan fingerprint density at radius 1 is 1.22 bits per heavy atom. The van der Waals surface area contributed by atoms with E-state index >= 15 is 0 Å². The zero-order valence-electron chi connectivity index (χ0n) is 15.2. The molecule has 27 heavy (non-hydrogen) atoms. The summed E-state index contributed by atoms with van der Waals surface area (Å²) in [4.78, 5) is 47.9. The summed E-state index contributed by atoms with van der Waals surface area (Å²) in [5.41, 5.74) is 0.234. The van der Waals surface area contributed by atoms with Gasteiger partial charge in [-0.3, -0.25) is 20.2 Å². The summed E-state index contributed by atoms with van der Waals surface area (Å²) < 4.78 is 5.00. The van der Waals surface area contributed by atoms with Crippen LogP contribution in [0.25, 0.3) is 0 Å². The average molecular weight is 378 g/mol. The Morgan fingerprint density at radius 3 is 2.48 bits per heavy atom. The van der Waals surface area contributed by atoms with Crippen molar-refractivity contribution in [2.45, 2.75) is 32.3 Å². The Balaban J connectivity index is 2.14. The molecule has 2 N–H and O–H groups in total. The third-order valence-electron chi connectivity index (χ3n) is 4.22. The van der Waals surface area contributed by atoms with Crippen LogP contribution in [0.4, 0.5) is 16.2 Å². The molecule has 2 rings (SSSR count). The van der Waals surface area contributed by atoms with Gasteiger partial charge in [0.15, 0.2) is 6.10 Å². The van der Waals surface area contributed by atoms with E-state index in [0.29, 0.717) is 5.69 Å². The highest BCUT2D eigenvalue weighted by Crippen LogP contribution is 2.31. The van der Waals surface area contributed by atoms with Gasteiger partial charge in [0.2, 0.25) is 0 Å². The van der Waals surface area contributed by atoms with Gasteiger partial charge in [-0.15, -0.1) is 0 Å². The van der Waals surface area contributed by atoms with Gasteiger partial charge < -0.3 is 15.0 Å². The number of anilines is 1. The lowest BCUT2D eigenvalue weighted by atomic mass is 10.1. The van der Waals surface area contributed by atoms with Gasteiger partial charge in [0.25, 0.3) is 11.6 Å². The number of esters is 1. The highest BCUT2D eigenvalue weighted by molar-refractivity contribution is 5.98. The smallest absolute Gasteiger partial charge is 0.339 e. The number of hydrogen-bond acceptors (Lipinski definition) is 7. The van der Waals surface area contributed by atoms with Crippen LogP contribution in [0.5, 0.6) is 0 Å². The summed E-state index contributed by atoms with van der Waals surface area (Å²) in [5.74, 6) is -1.69. The Kier molecular flexibility index (Phi) is 6.69. The second-order valence-electron chi connectivity index (χ2n) is 6.12. The molecule has 1 aromatic rings. The van der Waals surface area contributed by atoms with Crippen LogP contribution in [-0.4, -0.2) is 49.1 Å². The van der Waals surface area contributed by atoms with E-state index in [1.54, 1.807) is 0 Å². The number of amides is 3. The largest absolute Gasteiger partial charge is 0.449 e. The Labute approximate surface area is 156 Å². The summed E-state index contributed by atoms with van der Waals surface area (Å²) in [6, 6.07) is 3.37. The lowest BCUT2D eigenvalue weighted by molar-refractivity contribution is -0.384. The van der Waals surface area contributed by atoms with Crippen LogP contribution in [0.2, 0.25) is 0 Å². The predicted octanol–water partition coefficient (Wildman–Crippen LogP) is 1.59. The zero-order chi connectivity index (χ0) is 20.0. The predicted molar refractivity (Wildman–Crippen MR) is 96.6 cm³/mol. The molecule has 1 aromatic carbocycles. The molecule has 0 saturated carbocycles. The number of carbonyl (C=O) groups excluding carboxylic acids is 3. The fourth-order valence-corrected chi connectivity index (χ4v) is 2.76. The van der Waals surface area contributed by atoms with E-state index in [4.69, 9.17) is 4.74 Å². The first-order valence-electron chi connectivity index (χ1n) is 8.60. The molecule has 0 bridgehead atoms. The van der Waals surface area contributed by atoms with Gasteiger partial charge in [-0.05, 0) is 38.3 Å². The number of ether oxygens (including phenoxy) is 1. The number of nitrogens with one attached hydrogen (secondary N) is 2. The summed E-state index contributed by atoms with van der Waals surface area (Å²) >= 11 is 0. The number of nitro benzene ring substituents is 1. The van der Waals surface area contributed by atoms with Gasteiger partial charge in [-0.1, -0.05) is 0 Å². The summed E-state index contributed by atoms with van der Waals surface area (Å²) in [6.45, 7) is 2.75. The highest BCUT2D eigenvalue weighted by atomic mass is 16.6. The topological polar surface area (TPSA) is 131 Å². The van der Waals surface area contributed by atoms with Gasteiger partial charge in [0, 0.05) is 26.2 Å². The van der Waals surface area contributed by atoms with E-state index in [1.165, 1.54) is 26.1 Å². The van der Waals surface area contributed by atoms with Crippen molar-refractivity contribution in [3.63, 3.8) is 0 Å². The van der Waals surface area contributed by atoms with Gasteiger partial charge >= 0.3 is 12.0 Å². The molecule has 1 aliphatic heterocycles. The van der Waals surface area contributed by atoms with Crippen LogP contribution in [-0.2, 0) is 9.53 Å². The van der Waals surface area contributed by atoms with Crippen LogP contribution in [0.1, 0.15) is 36.5 Å². The normalized spacial score (nSPS) is 14.8. The SMILES string of the molecule is CNC(=O)NC(=O)[C@@H](C)OC(=O)c1ccc(N2CCCCC2)c([N+](=O)[O-])c1. The van der Waals surface area contributed by atoms with Crippen LogP contribution < -0.4 is 15.5 Å². The van der Waals surface area contributed by atoms with Crippen molar-refractivity contribution < 1.29 is 24.0 Å². The number of benzene rings is 1. The van der Waals surface area contributed by atoms with E-state index in [9.17, 15) is 24.5 Å². The fraction of sp³-hybridized carbons (Fsp3) is 0.471.